The maximum atomic E-state index is 13.3. The zero-order chi connectivity index (χ0) is 26.2. The van der Waals surface area contributed by atoms with Crippen molar-refractivity contribution in [3.05, 3.63) is 94.6 Å². The monoisotopic (exact) mass is 497 g/mol. The number of anilines is 1. The van der Waals surface area contributed by atoms with Crippen LogP contribution in [0.25, 0.3) is 5.76 Å². The van der Waals surface area contributed by atoms with E-state index in [1.165, 1.54) is 19.2 Å². The Morgan fingerprint density at radius 1 is 0.944 bits per heavy atom. The molecule has 1 N–H and O–H groups in total. The number of halogens is 3. The van der Waals surface area contributed by atoms with E-state index in [4.69, 9.17) is 4.74 Å². The molecule has 36 heavy (non-hydrogen) atoms. The molecule has 1 fully saturated rings. The fourth-order valence-electron chi connectivity index (χ4n) is 4.19. The fraction of sp³-hybridized carbons (Fsp3) is 0.185. The molecule has 1 unspecified atom stereocenters. The van der Waals surface area contributed by atoms with Crippen molar-refractivity contribution < 1.29 is 37.3 Å². The lowest BCUT2D eigenvalue weighted by atomic mass is 9.93. The number of hydrogen-bond acceptors (Lipinski definition) is 5. The van der Waals surface area contributed by atoms with Crippen LogP contribution in [0.5, 0.6) is 11.5 Å². The van der Waals surface area contributed by atoms with Crippen LogP contribution in [-0.2, 0) is 9.59 Å². The number of amides is 1. The second-order valence-corrected chi connectivity index (χ2v) is 8.31. The number of aryl methyl sites for hydroxylation is 2. The van der Waals surface area contributed by atoms with E-state index < -0.39 is 29.8 Å². The van der Waals surface area contributed by atoms with Gasteiger partial charge in [0.2, 0.25) is 0 Å². The van der Waals surface area contributed by atoms with E-state index in [0.717, 1.165) is 22.6 Å². The van der Waals surface area contributed by atoms with Crippen molar-refractivity contribution in [2.45, 2.75) is 26.3 Å². The van der Waals surface area contributed by atoms with E-state index in [0.29, 0.717) is 22.4 Å². The van der Waals surface area contributed by atoms with Crippen LogP contribution in [0, 0.1) is 13.8 Å². The molecule has 0 saturated carbocycles. The number of Topliss-reactive ketones (excluding diaryl/α,β-unsaturated/α-hetero) is 1. The van der Waals surface area contributed by atoms with Crippen molar-refractivity contribution in [3.8, 4) is 11.5 Å². The molecule has 1 saturated heterocycles. The summed E-state index contributed by atoms with van der Waals surface area (Å²) >= 11 is 0. The van der Waals surface area contributed by atoms with Crippen LogP contribution < -0.4 is 14.4 Å². The van der Waals surface area contributed by atoms with Crippen LogP contribution in [-0.4, -0.2) is 30.3 Å². The zero-order valence-electron chi connectivity index (χ0n) is 19.6. The summed E-state index contributed by atoms with van der Waals surface area (Å²) in [4.78, 5) is 27.6. The fourth-order valence-corrected chi connectivity index (χ4v) is 4.19. The molecule has 1 aliphatic heterocycles. The van der Waals surface area contributed by atoms with Gasteiger partial charge in [-0.1, -0.05) is 35.9 Å². The highest BCUT2D eigenvalue weighted by atomic mass is 19.4. The SMILES string of the molecule is COc1cccc(C2/C(=C(\O)c3cc(C)ccc3C)C(=O)C(=O)N2c2cccc(OC(F)(F)F)c2)c1. The Kier molecular flexibility index (Phi) is 6.49. The van der Waals surface area contributed by atoms with E-state index in [1.54, 1.807) is 43.3 Å². The van der Waals surface area contributed by atoms with Crippen LogP contribution in [0.1, 0.15) is 28.3 Å². The minimum atomic E-state index is -4.94. The Hall–Kier alpha value is -4.27. The molecule has 0 aliphatic carbocycles. The first-order valence-electron chi connectivity index (χ1n) is 10.9. The third-order valence-corrected chi connectivity index (χ3v) is 5.83. The molecule has 9 heteroatoms. The van der Waals surface area contributed by atoms with E-state index in [1.807, 2.05) is 13.0 Å². The Bertz CT molecular complexity index is 1380. The van der Waals surface area contributed by atoms with Gasteiger partial charge < -0.3 is 14.6 Å². The van der Waals surface area contributed by atoms with Gasteiger partial charge in [0.05, 0.1) is 18.7 Å². The number of ketones is 1. The van der Waals surface area contributed by atoms with Gasteiger partial charge in [-0.2, -0.15) is 0 Å². The molecule has 6 nitrogen and oxygen atoms in total. The van der Waals surface area contributed by atoms with Gasteiger partial charge in [-0.15, -0.1) is 13.2 Å². The van der Waals surface area contributed by atoms with E-state index in [9.17, 15) is 27.9 Å². The summed E-state index contributed by atoms with van der Waals surface area (Å²) in [5, 5.41) is 11.3. The summed E-state index contributed by atoms with van der Waals surface area (Å²) < 4.78 is 47.8. The zero-order valence-corrected chi connectivity index (χ0v) is 19.6. The molecule has 3 aromatic carbocycles. The number of benzene rings is 3. The summed E-state index contributed by atoms with van der Waals surface area (Å²) in [5.41, 5.74) is 2.09. The Balaban J connectivity index is 1.95. The topological polar surface area (TPSA) is 76.1 Å². The molecule has 1 heterocycles. The quantitative estimate of drug-likeness (QED) is 0.272. The molecule has 4 rings (SSSR count). The van der Waals surface area contributed by atoms with Crippen LogP contribution in [0.4, 0.5) is 18.9 Å². The summed E-state index contributed by atoms with van der Waals surface area (Å²) in [6.07, 6.45) is -4.94. The lowest BCUT2D eigenvalue weighted by Crippen LogP contribution is -2.29. The number of aliphatic hydroxyl groups is 1. The smallest absolute Gasteiger partial charge is 0.507 e. The van der Waals surface area contributed by atoms with E-state index in [-0.39, 0.29) is 17.0 Å². The highest BCUT2D eigenvalue weighted by molar-refractivity contribution is 6.51. The molecule has 1 amide bonds. The second-order valence-electron chi connectivity index (χ2n) is 8.31. The van der Waals surface area contributed by atoms with Crippen molar-refractivity contribution in [1.82, 2.24) is 0 Å². The van der Waals surface area contributed by atoms with Crippen molar-refractivity contribution in [1.29, 1.82) is 0 Å². The number of ether oxygens (including phenoxy) is 2. The molecule has 0 aromatic heterocycles. The van der Waals surface area contributed by atoms with E-state index in [2.05, 4.69) is 4.74 Å². The van der Waals surface area contributed by atoms with Gasteiger partial charge in [0.25, 0.3) is 11.7 Å². The Morgan fingerprint density at radius 2 is 1.64 bits per heavy atom. The van der Waals surface area contributed by atoms with Crippen molar-refractivity contribution in [2.75, 3.05) is 12.0 Å². The predicted octanol–water partition coefficient (Wildman–Crippen LogP) is 5.84. The van der Waals surface area contributed by atoms with Gasteiger partial charge in [-0.05, 0) is 55.3 Å². The van der Waals surface area contributed by atoms with Gasteiger partial charge in [-0.3, -0.25) is 14.5 Å². The van der Waals surface area contributed by atoms with Crippen molar-refractivity contribution in [3.63, 3.8) is 0 Å². The average molecular weight is 497 g/mol. The highest BCUT2D eigenvalue weighted by Crippen LogP contribution is 2.44. The first-order chi connectivity index (χ1) is 17.0. The third-order valence-electron chi connectivity index (χ3n) is 5.83. The van der Waals surface area contributed by atoms with Crippen LogP contribution in [0.15, 0.2) is 72.3 Å². The van der Waals surface area contributed by atoms with E-state index >= 15 is 0 Å². The molecule has 0 radical (unpaired) electrons. The molecule has 1 aliphatic rings. The maximum Gasteiger partial charge on any atom is 0.573 e. The molecule has 186 valence electrons. The number of alkyl halides is 3. The molecule has 0 spiro atoms. The van der Waals surface area contributed by atoms with Gasteiger partial charge in [0, 0.05) is 17.3 Å². The summed E-state index contributed by atoms with van der Waals surface area (Å²) in [6, 6.07) is 15.5. The summed E-state index contributed by atoms with van der Waals surface area (Å²) in [6.45, 7) is 3.57. The third kappa shape index (κ3) is 4.77. The molecule has 1 atom stereocenters. The maximum absolute atomic E-state index is 13.3. The Morgan fingerprint density at radius 3 is 2.33 bits per heavy atom. The first kappa shape index (κ1) is 24.8. The van der Waals surface area contributed by atoms with Gasteiger partial charge in [-0.25, -0.2) is 0 Å². The first-order valence-corrected chi connectivity index (χ1v) is 10.9. The highest BCUT2D eigenvalue weighted by Gasteiger charge is 2.47. The average Bonchev–Trinajstić information content (AvgIpc) is 3.09. The summed E-state index contributed by atoms with van der Waals surface area (Å²) in [5.74, 6) is -2.48. The van der Waals surface area contributed by atoms with Gasteiger partial charge in [0.15, 0.2) is 0 Å². The lowest BCUT2D eigenvalue weighted by molar-refractivity contribution is -0.274. The van der Waals surface area contributed by atoms with Crippen LogP contribution in [0.2, 0.25) is 0 Å². The van der Waals surface area contributed by atoms with Crippen LogP contribution in [0.3, 0.4) is 0 Å². The second kappa shape index (κ2) is 9.41. The van der Waals surface area contributed by atoms with Crippen LogP contribution >= 0.6 is 0 Å². The summed E-state index contributed by atoms with van der Waals surface area (Å²) in [7, 11) is 1.45. The number of hydrogen-bond donors (Lipinski definition) is 1. The number of carbonyl (C=O) groups excluding carboxylic acids is 2. The largest absolute Gasteiger partial charge is 0.573 e. The lowest BCUT2D eigenvalue weighted by Gasteiger charge is -2.26. The molecule has 0 bridgehead atoms. The molecular formula is C27H22F3NO5. The Labute approximate surface area is 205 Å². The number of aliphatic hydroxyl groups excluding tert-OH is 1. The van der Waals surface area contributed by atoms with Gasteiger partial charge >= 0.3 is 6.36 Å². The van der Waals surface area contributed by atoms with Crippen molar-refractivity contribution >= 4 is 23.1 Å². The predicted molar refractivity (Wildman–Crippen MR) is 127 cm³/mol. The molecule has 3 aromatic rings. The number of carbonyl (C=O) groups is 2. The number of methoxy groups -OCH3 is 1. The molecular weight excluding hydrogens is 475 g/mol. The number of nitrogens with zero attached hydrogens (tertiary/aromatic N) is 1. The standard InChI is InChI=1S/C27H22F3NO5/c1-15-10-11-16(2)21(12-15)24(32)22-23(17-6-4-8-19(13-17)35-3)31(26(34)25(22)33)18-7-5-9-20(14-18)36-27(28,29)30/h4-14,23,32H,1-3H3/b24-22+. The number of rotatable bonds is 5. The van der Waals surface area contributed by atoms with Gasteiger partial charge in [0.1, 0.15) is 17.3 Å². The minimum Gasteiger partial charge on any atom is -0.507 e. The van der Waals surface area contributed by atoms with Crippen molar-refractivity contribution in [2.24, 2.45) is 0 Å². The minimum absolute atomic E-state index is 0.00770. The normalized spacial score (nSPS) is 17.4.